The predicted molar refractivity (Wildman–Crippen MR) is 104 cm³/mol. The van der Waals surface area contributed by atoms with Gasteiger partial charge in [-0.15, -0.1) is 11.3 Å². The highest BCUT2D eigenvalue weighted by Crippen LogP contribution is 2.27. The van der Waals surface area contributed by atoms with Crippen LogP contribution >= 0.6 is 22.7 Å². The van der Waals surface area contributed by atoms with Crippen LogP contribution in [0.3, 0.4) is 0 Å². The number of hydrogen-bond acceptors (Lipinski definition) is 7. The second-order valence-electron chi connectivity index (χ2n) is 5.20. The molecule has 0 atom stereocenters. The molecule has 0 aliphatic rings. The zero-order valence-corrected chi connectivity index (χ0v) is 15.9. The third-order valence-corrected chi connectivity index (χ3v) is 5.15. The zero-order valence-electron chi connectivity index (χ0n) is 14.3. The van der Waals surface area contributed by atoms with E-state index in [1.165, 1.54) is 17.4 Å². The molecule has 0 saturated heterocycles. The van der Waals surface area contributed by atoms with E-state index in [0.717, 1.165) is 21.8 Å². The maximum absolute atomic E-state index is 12.0. The highest BCUT2D eigenvalue weighted by Gasteiger charge is 2.07. The monoisotopic (exact) mass is 387 g/mol. The second kappa shape index (κ2) is 8.64. The Labute approximate surface area is 159 Å². The topological polar surface area (TPSA) is 57.7 Å². The molecule has 0 radical (unpaired) electrons. The minimum Gasteiger partial charge on any atom is -0.497 e. The maximum Gasteiger partial charge on any atom is 0.331 e. The van der Waals surface area contributed by atoms with Crippen LogP contribution in [0.4, 0.5) is 0 Å². The molecule has 3 aromatic rings. The summed E-state index contributed by atoms with van der Waals surface area (Å²) >= 11 is 3.16. The van der Waals surface area contributed by atoms with Gasteiger partial charge in [0.05, 0.1) is 19.9 Å². The number of benzene rings is 1. The molecule has 0 saturated carbocycles. The minimum absolute atomic E-state index is 0.142. The lowest BCUT2D eigenvalue weighted by atomic mass is 10.2. The SMILES string of the molecule is COc1ccc(/C=C/C(=O)OCc2csc(-c3ccsc3)n2)c(OC)c1. The Hall–Kier alpha value is -2.64. The van der Waals surface area contributed by atoms with Crippen molar-refractivity contribution in [2.45, 2.75) is 6.61 Å². The summed E-state index contributed by atoms with van der Waals surface area (Å²) in [4.78, 5) is 16.4. The van der Waals surface area contributed by atoms with Crippen molar-refractivity contribution in [3.05, 3.63) is 57.7 Å². The van der Waals surface area contributed by atoms with Gasteiger partial charge in [-0.25, -0.2) is 9.78 Å². The summed E-state index contributed by atoms with van der Waals surface area (Å²) in [7, 11) is 3.15. The van der Waals surface area contributed by atoms with Crippen molar-refractivity contribution in [1.82, 2.24) is 4.98 Å². The first kappa shape index (κ1) is 18.2. The molecule has 3 rings (SSSR count). The van der Waals surface area contributed by atoms with Gasteiger partial charge in [-0.1, -0.05) is 0 Å². The van der Waals surface area contributed by atoms with Crippen LogP contribution in [0.2, 0.25) is 0 Å². The number of ether oxygens (including phenoxy) is 3. The molecule has 134 valence electrons. The molecule has 2 heterocycles. The van der Waals surface area contributed by atoms with Crippen LogP contribution in [-0.4, -0.2) is 25.2 Å². The van der Waals surface area contributed by atoms with Gasteiger partial charge in [0.25, 0.3) is 0 Å². The van der Waals surface area contributed by atoms with Crippen LogP contribution in [0.15, 0.2) is 46.5 Å². The van der Waals surface area contributed by atoms with E-state index in [4.69, 9.17) is 14.2 Å². The predicted octanol–water partition coefficient (Wildman–Crippen LogP) is 4.65. The summed E-state index contributed by atoms with van der Waals surface area (Å²) in [6.07, 6.45) is 3.02. The number of thiazole rings is 1. The van der Waals surface area contributed by atoms with Gasteiger partial charge in [-0.2, -0.15) is 11.3 Å². The Morgan fingerprint density at radius 3 is 2.81 bits per heavy atom. The molecule has 26 heavy (non-hydrogen) atoms. The molecule has 7 heteroatoms. The van der Waals surface area contributed by atoms with E-state index >= 15 is 0 Å². The summed E-state index contributed by atoms with van der Waals surface area (Å²) in [6, 6.07) is 7.39. The second-order valence-corrected chi connectivity index (χ2v) is 6.84. The lowest BCUT2D eigenvalue weighted by molar-refractivity contribution is -0.139. The quantitative estimate of drug-likeness (QED) is 0.436. The molecule has 0 aliphatic heterocycles. The van der Waals surface area contributed by atoms with Crippen LogP contribution < -0.4 is 9.47 Å². The van der Waals surface area contributed by atoms with Gasteiger partial charge in [0, 0.05) is 34.0 Å². The zero-order chi connectivity index (χ0) is 18.4. The van der Waals surface area contributed by atoms with E-state index in [0.29, 0.717) is 11.5 Å². The Morgan fingerprint density at radius 2 is 2.08 bits per heavy atom. The fourth-order valence-electron chi connectivity index (χ4n) is 2.20. The number of carbonyl (C=O) groups excluding carboxylic acids is 1. The number of thiophene rings is 1. The van der Waals surface area contributed by atoms with Crippen LogP contribution in [0.5, 0.6) is 11.5 Å². The molecular formula is C19H17NO4S2. The molecule has 0 spiro atoms. The van der Waals surface area contributed by atoms with Gasteiger partial charge in [0.2, 0.25) is 0 Å². The summed E-state index contributed by atoms with van der Waals surface area (Å²) in [6.45, 7) is 0.142. The molecule has 5 nitrogen and oxygen atoms in total. The average molecular weight is 387 g/mol. The number of carbonyl (C=O) groups is 1. The lowest BCUT2D eigenvalue weighted by Gasteiger charge is -2.07. The normalized spacial score (nSPS) is 10.8. The Morgan fingerprint density at radius 1 is 1.19 bits per heavy atom. The van der Waals surface area contributed by atoms with Gasteiger partial charge in [0.1, 0.15) is 23.1 Å². The highest BCUT2D eigenvalue weighted by atomic mass is 32.1. The van der Waals surface area contributed by atoms with Gasteiger partial charge in [-0.05, 0) is 29.7 Å². The van der Waals surface area contributed by atoms with Gasteiger partial charge < -0.3 is 14.2 Å². The number of aromatic nitrogens is 1. The highest BCUT2D eigenvalue weighted by molar-refractivity contribution is 7.14. The van der Waals surface area contributed by atoms with Crippen LogP contribution in [0, 0.1) is 0 Å². The molecule has 2 aromatic heterocycles. The van der Waals surface area contributed by atoms with Crippen LogP contribution in [-0.2, 0) is 16.1 Å². The Balaban J connectivity index is 1.58. The summed E-state index contributed by atoms with van der Waals surface area (Å²) in [5, 5.41) is 6.88. The van der Waals surface area contributed by atoms with Crippen LogP contribution in [0.25, 0.3) is 16.6 Å². The molecule has 1 aromatic carbocycles. The summed E-state index contributed by atoms with van der Waals surface area (Å²) in [5.41, 5.74) is 2.59. The van der Waals surface area contributed by atoms with E-state index in [9.17, 15) is 4.79 Å². The van der Waals surface area contributed by atoms with E-state index in [1.54, 1.807) is 43.8 Å². The van der Waals surface area contributed by atoms with E-state index in [1.807, 2.05) is 28.3 Å². The van der Waals surface area contributed by atoms with Gasteiger partial charge in [0.15, 0.2) is 0 Å². The average Bonchev–Trinajstić information content (AvgIpc) is 3.35. The largest absolute Gasteiger partial charge is 0.497 e. The molecule has 0 fully saturated rings. The Kier molecular flexibility index (Phi) is 6.04. The number of nitrogens with zero attached hydrogens (tertiary/aromatic N) is 1. The standard InChI is InChI=1S/C19H17NO4S2/c1-22-16-5-3-13(17(9-16)23-2)4-6-18(21)24-10-15-12-26-19(20-15)14-7-8-25-11-14/h3-9,11-12H,10H2,1-2H3/b6-4+. The third kappa shape index (κ3) is 4.50. The lowest BCUT2D eigenvalue weighted by Crippen LogP contribution is -2.01. The van der Waals surface area contributed by atoms with Crippen molar-refractivity contribution in [3.8, 4) is 22.1 Å². The maximum atomic E-state index is 12.0. The molecular weight excluding hydrogens is 370 g/mol. The minimum atomic E-state index is -0.437. The van der Waals surface area contributed by atoms with E-state index < -0.39 is 5.97 Å². The number of rotatable bonds is 7. The molecule has 0 unspecified atom stereocenters. The van der Waals surface area contributed by atoms with Gasteiger partial charge in [-0.3, -0.25) is 0 Å². The van der Waals surface area contributed by atoms with Crippen molar-refractivity contribution in [3.63, 3.8) is 0 Å². The third-order valence-electron chi connectivity index (χ3n) is 3.52. The Bertz CT molecular complexity index is 900. The number of hydrogen-bond donors (Lipinski definition) is 0. The smallest absolute Gasteiger partial charge is 0.331 e. The first-order chi connectivity index (χ1) is 12.7. The van der Waals surface area contributed by atoms with E-state index in [2.05, 4.69) is 4.98 Å². The fourth-order valence-corrected chi connectivity index (χ4v) is 3.72. The molecule has 0 bridgehead atoms. The summed E-state index contributed by atoms with van der Waals surface area (Å²) < 4.78 is 15.7. The van der Waals surface area contributed by atoms with Crippen molar-refractivity contribution in [2.24, 2.45) is 0 Å². The van der Waals surface area contributed by atoms with E-state index in [-0.39, 0.29) is 6.61 Å². The van der Waals surface area contributed by atoms with Crippen molar-refractivity contribution in [2.75, 3.05) is 14.2 Å². The fraction of sp³-hybridized carbons (Fsp3) is 0.158. The van der Waals surface area contributed by atoms with Crippen molar-refractivity contribution in [1.29, 1.82) is 0 Å². The van der Waals surface area contributed by atoms with Crippen molar-refractivity contribution >= 4 is 34.7 Å². The van der Waals surface area contributed by atoms with Gasteiger partial charge >= 0.3 is 5.97 Å². The molecule has 0 amide bonds. The first-order valence-corrected chi connectivity index (χ1v) is 9.55. The summed E-state index contributed by atoms with van der Waals surface area (Å²) in [5.74, 6) is 0.868. The molecule has 0 N–H and O–H groups in total. The number of methoxy groups -OCH3 is 2. The van der Waals surface area contributed by atoms with Crippen molar-refractivity contribution < 1.29 is 19.0 Å². The molecule has 0 aliphatic carbocycles. The number of esters is 1. The first-order valence-electron chi connectivity index (χ1n) is 7.73. The van der Waals surface area contributed by atoms with Crippen LogP contribution in [0.1, 0.15) is 11.3 Å².